The molecule has 2 unspecified atom stereocenters. The van der Waals surface area contributed by atoms with Gasteiger partial charge < -0.3 is 20.3 Å². The van der Waals surface area contributed by atoms with E-state index >= 15 is 0 Å². The first-order valence-electron chi connectivity index (χ1n) is 12.7. The molecular formula is C25H32ClF3N8O2. The molecule has 14 heteroatoms. The van der Waals surface area contributed by atoms with E-state index in [4.69, 9.17) is 22.1 Å². The minimum atomic E-state index is -5.13. The van der Waals surface area contributed by atoms with Crippen molar-refractivity contribution in [2.75, 3.05) is 49.6 Å². The Kier molecular flexibility index (Phi) is 8.52. The Hall–Kier alpha value is -3.16. The fraction of sp³-hybridized carbons (Fsp3) is 0.520. The minimum absolute atomic E-state index is 0.310. The number of ether oxygens (including phenoxy) is 1. The number of fused-ring (bicyclic) bond motifs is 1. The van der Waals surface area contributed by atoms with Crippen LogP contribution in [0, 0.1) is 6.92 Å². The van der Waals surface area contributed by atoms with Gasteiger partial charge in [-0.1, -0.05) is 25.4 Å². The fourth-order valence-corrected chi connectivity index (χ4v) is 5.08. The van der Waals surface area contributed by atoms with Crippen molar-refractivity contribution in [1.29, 1.82) is 0 Å². The van der Waals surface area contributed by atoms with E-state index in [1.807, 2.05) is 19.9 Å². The summed E-state index contributed by atoms with van der Waals surface area (Å²) in [6.45, 7) is 8.54. The molecule has 212 valence electrons. The standard InChI is InChI=1S/C25H32ClF3N8O2/c1-5-17-19-21(34-33-17)31-13-32-22(19)37-9-7-36(8-10-37)18-12-15(26)11-16(14(18)3)20(30)23(35(4)6-2)39-24(38)25(27,28)29/h11-13,20,23H,5-10,30H2,1-4H3,(H,31,32,33,34). The number of alkyl halides is 3. The number of piperazine rings is 1. The summed E-state index contributed by atoms with van der Waals surface area (Å²) in [5.74, 6) is -1.46. The van der Waals surface area contributed by atoms with Gasteiger partial charge in [0.2, 0.25) is 0 Å². The molecule has 3 heterocycles. The van der Waals surface area contributed by atoms with Crippen molar-refractivity contribution in [2.45, 2.75) is 45.6 Å². The molecule has 3 N–H and O–H groups in total. The first-order valence-corrected chi connectivity index (χ1v) is 13.1. The van der Waals surface area contributed by atoms with Gasteiger partial charge in [-0.3, -0.25) is 10.00 Å². The molecule has 1 aliphatic rings. The second kappa shape index (κ2) is 11.5. The predicted molar refractivity (Wildman–Crippen MR) is 143 cm³/mol. The van der Waals surface area contributed by atoms with Gasteiger partial charge in [-0.15, -0.1) is 0 Å². The Balaban J connectivity index is 1.58. The molecular weight excluding hydrogens is 537 g/mol. The van der Waals surface area contributed by atoms with Gasteiger partial charge in [-0.25, -0.2) is 14.8 Å². The van der Waals surface area contributed by atoms with E-state index in [0.717, 1.165) is 34.6 Å². The number of halogens is 4. The quantitative estimate of drug-likeness (QED) is 0.310. The maximum absolute atomic E-state index is 13.0. The average molecular weight is 569 g/mol. The molecule has 2 aromatic heterocycles. The van der Waals surface area contributed by atoms with Crippen LogP contribution >= 0.6 is 11.6 Å². The zero-order chi connectivity index (χ0) is 28.5. The van der Waals surface area contributed by atoms with Gasteiger partial charge in [0, 0.05) is 42.6 Å². The predicted octanol–water partition coefficient (Wildman–Crippen LogP) is 3.59. The number of likely N-dealkylation sites (N-methyl/N-ethyl adjacent to an activating group) is 1. The second-order valence-electron chi connectivity index (χ2n) is 9.46. The monoisotopic (exact) mass is 568 g/mol. The van der Waals surface area contributed by atoms with Crippen LogP contribution in [0.5, 0.6) is 0 Å². The Bertz CT molecular complexity index is 1330. The molecule has 3 aromatic rings. The first kappa shape index (κ1) is 28.8. The highest BCUT2D eigenvalue weighted by molar-refractivity contribution is 6.31. The number of H-pyrrole nitrogens is 1. The smallest absolute Gasteiger partial charge is 0.438 e. The molecule has 39 heavy (non-hydrogen) atoms. The van der Waals surface area contributed by atoms with Crippen molar-refractivity contribution in [3.05, 3.63) is 40.3 Å². The summed E-state index contributed by atoms with van der Waals surface area (Å²) in [5.41, 5.74) is 10.1. The van der Waals surface area contributed by atoms with E-state index in [0.29, 0.717) is 49.0 Å². The van der Waals surface area contributed by atoms with Gasteiger partial charge in [0.15, 0.2) is 11.9 Å². The van der Waals surface area contributed by atoms with Gasteiger partial charge in [-0.05, 0) is 50.2 Å². The number of esters is 1. The largest absolute Gasteiger partial charge is 0.490 e. The van der Waals surface area contributed by atoms with Gasteiger partial charge in [0.1, 0.15) is 12.1 Å². The maximum atomic E-state index is 13.0. The molecule has 0 bridgehead atoms. The number of aromatic amines is 1. The van der Waals surface area contributed by atoms with Crippen LogP contribution in [-0.2, 0) is 16.0 Å². The van der Waals surface area contributed by atoms with E-state index in [-0.39, 0.29) is 0 Å². The van der Waals surface area contributed by atoms with E-state index in [9.17, 15) is 18.0 Å². The van der Waals surface area contributed by atoms with Crippen molar-refractivity contribution in [1.82, 2.24) is 25.1 Å². The topological polar surface area (TPSA) is 117 Å². The number of nitrogens with zero attached hydrogens (tertiary/aromatic N) is 6. The van der Waals surface area contributed by atoms with Crippen molar-refractivity contribution in [3.8, 4) is 0 Å². The lowest BCUT2D eigenvalue weighted by Crippen LogP contribution is -2.48. The SMILES string of the molecule is CCc1[nH]nc2ncnc(N3CCN(c4cc(Cl)cc(C(N)C(OC(=O)C(F)(F)F)N(C)CC)c4C)CC3)c12. The number of hydrogen-bond donors (Lipinski definition) is 2. The Morgan fingerprint density at radius 1 is 1.21 bits per heavy atom. The highest BCUT2D eigenvalue weighted by Crippen LogP contribution is 2.35. The normalized spacial score (nSPS) is 16.2. The summed E-state index contributed by atoms with van der Waals surface area (Å²) < 4.78 is 43.8. The Morgan fingerprint density at radius 2 is 1.87 bits per heavy atom. The number of benzene rings is 1. The lowest BCUT2D eigenvalue weighted by Gasteiger charge is -2.38. The fourth-order valence-electron chi connectivity index (χ4n) is 4.86. The van der Waals surface area contributed by atoms with Crippen LogP contribution in [0.1, 0.15) is 36.7 Å². The summed E-state index contributed by atoms with van der Waals surface area (Å²) in [7, 11) is 1.54. The first-order chi connectivity index (χ1) is 18.5. The van der Waals surface area contributed by atoms with E-state index < -0.39 is 24.4 Å². The number of nitrogens with two attached hydrogens (primary N) is 1. The molecule has 1 aliphatic heterocycles. The second-order valence-corrected chi connectivity index (χ2v) is 9.89. The number of carbonyl (C=O) groups is 1. The lowest BCUT2D eigenvalue weighted by molar-refractivity contribution is -0.213. The van der Waals surface area contributed by atoms with Crippen LogP contribution in [0.3, 0.4) is 0 Å². The van der Waals surface area contributed by atoms with Gasteiger partial charge in [-0.2, -0.15) is 18.3 Å². The lowest BCUT2D eigenvalue weighted by atomic mass is 9.97. The van der Waals surface area contributed by atoms with Crippen LogP contribution in [0.2, 0.25) is 5.02 Å². The highest BCUT2D eigenvalue weighted by Gasteiger charge is 2.44. The summed E-state index contributed by atoms with van der Waals surface area (Å²) in [5, 5.41) is 8.62. The molecule has 0 aliphatic carbocycles. The van der Waals surface area contributed by atoms with Crippen molar-refractivity contribution in [3.63, 3.8) is 0 Å². The number of rotatable bonds is 8. The number of carbonyl (C=O) groups excluding carboxylic acids is 1. The zero-order valence-corrected chi connectivity index (χ0v) is 23.0. The van der Waals surface area contributed by atoms with E-state index in [1.54, 1.807) is 20.0 Å². The number of anilines is 2. The van der Waals surface area contributed by atoms with Crippen LogP contribution in [0.15, 0.2) is 18.5 Å². The molecule has 0 spiro atoms. The van der Waals surface area contributed by atoms with Crippen LogP contribution in [0.4, 0.5) is 24.7 Å². The average Bonchev–Trinajstić information content (AvgIpc) is 3.35. The zero-order valence-electron chi connectivity index (χ0n) is 22.2. The summed E-state index contributed by atoms with van der Waals surface area (Å²) in [6, 6.07) is 2.36. The number of aryl methyl sites for hydroxylation is 1. The van der Waals surface area contributed by atoms with E-state index in [1.165, 1.54) is 11.2 Å². The molecule has 1 saturated heterocycles. The summed E-state index contributed by atoms with van der Waals surface area (Å²) in [6.07, 6.45) is -4.19. The summed E-state index contributed by atoms with van der Waals surface area (Å²) in [4.78, 5) is 26.3. The van der Waals surface area contributed by atoms with Crippen LogP contribution in [-0.4, -0.2) is 83.2 Å². The van der Waals surface area contributed by atoms with Gasteiger partial charge in [0.05, 0.1) is 11.4 Å². The number of aromatic nitrogens is 4. The van der Waals surface area contributed by atoms with Crippen molar-refractivity contribution in [2.24, 2.45) is 5.73 Å². The number of nitrogens with one attached hydrogen (secondary N) is 1. The number of hydrogen-bond acceptors (Lipinski definition) is 9. The van der Waals surface area contributed by atoms with Gasteiger partial charge in [0.25, 0.3) is 0 Å². The van der Waals surface area contributed by atoms with Crippen molar-refractivity contribution < 1.29 is 22.7 Å². The Morgan fingerprint density at radius 3 is 2.49 bits per heavy atom. The third-order valence-electron chi connectivity index (χ3n) is 7.12. The third kappa shape index (κ3) is 5.89. The minimum Gasteiger partial charge on any atom is -0.438 e. The maximum Gasteiger partial charge on any atom is 0.490 e. The molecule has 2 atom stereocenters. The Labute approximate surface area is 229 Å². The van der Waals surface area contributed by atoms with E-state index in [2.05, 4.69) is 30.0 Å². The molecule has 1 aromatic carbocycles. The molecule has 0 radical (unpaired) electrons. The summed E-state index contributed by atoms with van der Waals surface area (Å²) >= 11 is 6.47. The molecule has 1 fully saturated rings. The van der Waals surface area contributed by atoms with Crippen LogP contribution < -0.4 is 15.5 Å². The molecule has 4 rings (SSSR count). The molecule has 0 saturated carbocycles. The van der Waals surface area contributed by atoms with Crippen molar-refractivity contribution >= 4 is 40.1 Å². The highest BCUT2D eigenvalue weighted by atomic mass is 35.5. The third-order valence-corrected chi connectivity index (χ3v) is 7.34. The molecule has 0 amide bonds. The van der Waals surface area contributed by atoms with Gasteiger partial charge >= 0.3 is 12.1 Å². The van der Waals surface area contributed by atoms with Crippen LogP contribution in [0.25, 0.3) is 11.0 Å². The molecule has 10 nitrogen and oxygen atoms in total.